The summed E-state index contributed by atoms with van der Waals surface area (Å²) in [6.45, 7) is 5.88. The number of carbonyl (C=O) groups is 5. The molecule has 1 atom stereocenters. The first kappa shape index (κ1) is 32.8. The van der Waals surface area contributed by atoms with Gasteiger partial charge in [-0.15, -0.1) is 0 Å². The molecule has 10 nitrogen and oxygen atoms in total. The average molecular weight is 654 g/mol. The zero-order valence-electron chi connectivity index (χ0n) is 26.1. The minimum atomic E-state index is -4.31. The minimum Gasteiger partial charge on any atom is -0.340 e. The van der Waals surface area contributed by atoms with Gasteiger partial charge in [0.15, 0.2) is 0 Å². The molecule has 4 aliphatic heterocycles. The molecule has 2 aromatic rings. The van der Waals surface area contributed by atoms with Crippen molar-refractivity contribution in [1.29, 1.82) is 0 Å². The summed E-state index contributed by atoms with van der Waals surface area (Å²) in [5.74, 6) is -2.00. The van der Waals surface area contributed by atoms with Crippen LogP contribution in [0, 0.1) is 5.92 Å². The van der Waals surface area contributed by atoms with Gasteiger partial charge in [-0.2, -0.15) is 13.2 Å². The predicted octanol–water partition coefficient (Wildman–Crippen LogP) is 3.45. The molecule has 1 N–H and O–H groups in total. The summed E-state index contributed by atoms with van der Waals surface area (Å²) in [6, 6.07) is 12.2. The lowest BCUT2D eigenvalue weighted by molar-refractivity contribution is -0.150. The van der Waals surface area contributed by atoms with E-state index < -0.39 is 54.6 Å². The maximum Gasteiger partial charge on any atom is 0.389 e. The zero-order valence-corrected chi connectivity index (χ0v) is 26.1. The number of fused-ring (bicyclic) bond motifs is 1. The topological polar surface area (TPSA) is 110 Å². The molecule has 0 radical (unpaired) electrons. The van der Waals surface area contributed by atoms with Crippen LogP contribution in [0.15, 0.2) is 42.5 Å². The second kappa shape index (κ2) is 13.6. The van der Waals surface area contributed by atoms with Crippen molar-refractivity contribution >= 4 is 29.5 Å². The van der Waals surface area contributed by atoms with Crippen LogP contribution < -0.4 is 5.32 Å². The lowest BCUT2D eigenvalue weighted by Crippen LogP contribution is -2.54. The van der Waals surface area contributed by atoms with Crippen molar-refractivity contribution in [3.63, 3.8) is 0 Å². The van der Waals surface area contributed by atoms with E-state index in [4.69, 9.17) is 0 Å². The maximum atomic E-state index is 13.3. The number of imide groups is 2. The van der Waals surface area contributed by atoms with E-state index in [2.05, 4.69) is 27.2 Å². The van der Waals surface area contributed by atoms with E-state index in [1.54, 1.807) is 23.1 Å². The Morgan fingerprint density at radius 1 is 0.809 bits per heavy atom. The predicted molar refractivity (Wildman–Crippen MR) is 165 cm³/mol. The van der Waals surface area contributed by atoms with E-state index in [0.717, 1.165) is 60.6 Å². The monoisotopic (exact) mass is 653 g/mol. The number of hydrogen-bond acceptors (Lipinski definition) is 7. The second-order valence-electron chi connectivity index (χ2n) is 12.9. The molecule has 5 amide bonds. The number of nitrogens with one attached hydrogen (secondary N) is 1. The fourth-order valence-electron chi connectivity index (χ4n) is 7.04. The number of nitrogens with zero attached hydrogens (tertiary/aromatic N) is 4. The number of amides is 5. The normalized spacial score (nSPS) is 21.7. The Kier molecular flexibility index (Phi) is 9.47. The number of benzene rings is 2. The van der Waals surface area contributed by atoms with Gasteiger partial charge in [0.05, 0.1) is 17.5 Å². The van der Waals surface area contributed by atoms with Gasteiger partial charge in [0, 0.05) is 52.1 Å². The zero-order chi connectivity index (χ0) is 33.3. The fourth-order valence-corrected chi connectivity index (χ4v) is 7.04. The van der Waals surface area contributed by atoms with E-state index in [0.29, 0.717) is 32.1 Å². The number of halogens is 3. The second-order valence-corrected chi connectivity index (χ2v) is 12.9. The molecule has 0 bridgehead atoms. The maximum absolute atomic E-state index is 13.3. The van der Waals surface area contributed by atoms with Crippen LogP contribution in [0.3, 0.4) is 0 Å². The summed E-state index contributed by atoms with van der Waals surface area (Å²) < 4.78 is 37.4. The Balaban J connectivity index is 0.995. The van der Waals surface area contributed by atoms with E-state index >= 15 is 0 Å². The highest BCUT2D eigenvalue weighted by Crippen LogP contribution is 2.32. The SMILES string of the molecule is O=C1CCC(N2C(=O)c3ccc(-c4cccc(CN5CCC(CN6CCN(C(=O)CCC(F)(F)F)CC6)CC5)c4)cc3C2=O)C(=O)N1. The third-order valence-electron chi connectivity index (χ3n) is 9.68. The van der Waals surface area contributed by atoms with Gasteiger partial charge in [-0.1, -0.05) is 24.3 Å². The van der Waals surface area contributed by atoms with Crippen LogP contribution in [0.1, 0.15) is 64.8 Å². The van der Waals surface area contributed by atoms with Crippen molar-refractivity contribution in [3.8, 4) is 11.1 Å². The molecule has 0 spiro atoms. The Morgan fingerprint density at radius 2 is 1.51 bits per heavy atom. The van der Waals surface area contributed by atoms with Gasteiger partial charge in [0.1, 0.15) is 6.04 Å². The Labute approximate surface area is 270 Å². The average Bonchev–Trinajstić information content (AvgIpc) is 3.29. The highest BCUT2D eigenvalue weighted by Gasteiger charge is 2.44. The molecule has 4 heterocycles. The number of rotatable bonds is 8. The molecule has 250 valence electrons. The van der Waals surface area contributed by atoms with Crippen molar-refractivity contribution in [2.24, 2.45) is 5.92 Å². The van der Waals surface area contributed by atoms with Crippen molar-refractivity contribution in [2.45, 2.75) is 57.3 Å². The summed E-state index contributed by atoms with van der Waals surface area (Å²) in [7, 11) is 0. The van der Waals surface area contributed by atoms with Gasteiger partial charge in [0.25, 0.3) is 11.8 Å². The molecule has 3 fully saturated rings. The van der Waals surface area contributed by atoms with E-state index in [1.165, 1.54) is 0 Å². The Morgan fingerprint density at radius 3 is 2.21 bits per heavy atom. The number of alkyl halides is 3. The van der Waals surface area contributed by atoms with Crippen LogP contribution in [0.2, 0.25) is 0 Å². The summed E-state index contributed by atoms with van der Waals surface area (Å²) in [6.07, 6.45) is -3.61. The first-order valence-corrected chi connectivity index (χ1v) is 16.2. The van der Waals surface area contributed by atoms with Crippen LogP contribution in [0.25, 0.3) is 11.1 Å². The molecule has 6 rings (SSSR count). The van der Waals surface area contributed by atoms with E-state index in [9.17, 15) is 37.1 Å². The Bertz CT molecular complexity index is 1560. The summed E-state index contributed by atoms with van der Waals surface area (Å²) in [4.78, 5) is 69.7. The summed E-state index contributed by atoms with van der Waals surface area (Å²) >= 11 is 0. The van der Waals surface area contributed by atoms with E-state index in [1.807, 2.05) is 12.1 Å². The minimum absolute atomic E-state index is 0.0688. The largest absolute Gasteiger partial charge is 0.389 e. The van der Waals surface area contributed by atoms with Gasteiger partial charge < -0.3 is 4.90 Å². The van der Waals surface area contributed by atoms with Crippen molar-refractivity contribution < 1.29 is 37.1 Å². The number of piperidine rings is 2. The number of piperazine rings is 1. The molecule has 3 saturated heterocycles. The molecule has 47 heavy (non-hydrogen) atoms. The molecule has 4 aliphatic rings. The molecular weight excluding hydrogens is 615 g/mol. The summed E-state index contributed by atoms with van der Waals surface area (Å²) in [5, 5.41) is 2.21. The molecule has 13 heteroatoms. The van der Waals surface area contributed by atoms with Gasteiger partial charge in [0.2, 0.25) is 17.7 Å². The number of carbonyl (C=O) groups excluding carboxylic acids is 5. The number of hydrogen-bond donors (Lipinski definition) is 1. The van der Waals surface area contributed by atoms with Crippen LogP contribution >= 0.6 is 0 Å². The van der Waals surface area contributed by atoms with Gasteiger partial charge in [-0.3, -0.25) is 44.0 Å². The van der Waals surface area contributed by atoms with Crippen LogP contribution in [0.5, 0.6) is 0 Å². The van der Waals surface area contributed by atoms with Gasteiger partial charge >= 0.3 is 6.18 Å². The molecule has 1 unspecified atom stereocenters. The molecule has 0 aromatic heterocycles. The van der Waals surface area contributed by atoms with Crippen molar-refractivity contribution in [3.05, 3.63) is 59.2 Å². The van der Waals surface area contributed by atoms with Crippen LogP contribution in [-0.4, -0.2) is 107 Å². The van der Waals surface area contributed by atoms with Gasteiger partial charge in [-0.05, 0) is 73.2 Å². The van der Waals surface area contributed by atoms with Crippen LogP contribution in [-0.2, 0) is 20.9 Å². The molecule has 0 saturated carbocycles. The van der Waals surface area contributed by atoms with Crippen molar-refractivity contribution in [2.75, 3.05) is 45.8 Å². The highest BCUT2D eigenvalue weighted by molar-refractivity contribution is 6.23. The highest BCUT2D eigenvalue weighted by atomic mass is 19.4. The molecular formula is C34H38F3N5O5. The van der Waals surface area contributed by atoms with E-state index in [-0.39, 0.29) is 24.0 Å². The lowest BCUT2D eigenvalue weighted by atomic mass is 9.95. The quantitative estimate of drug-likeness (QED) is 0.435. The fraction of sp³-hybridized carbons (Fsp3) is 0.500. The number of likely N-dealkylation sites (tertiary alicyclic amines) is 1. The van der Waals surface area contributed by atoms with Crippen LogP contribution in [0.4, 0.5) is 13.2 Å². The lowest BCUT2D eigenvalue weighted by Gasteiger charge is -2.39. The van der Waals surface area contributed by atoms with Gasteiger partial charge in [-0.25, -0.2) is 0 Å². The Hall–Kier alpha value is -4.10. The third-order valence-corrected chi connectivity index (χ3v) is 9.68. The standard InChI is InChI=1S/C34H38F3N5O5/c35-34(36,37)11-8-30(44)41-16-14-40(15-17-41)20-22-9-12-39(13-10-22)21-23-2-1-3-24(18-23)25-4-5-26-27(19-25)33(47)42(32(26)46)28-6-7-29(43)38-31(28)45/h1-5,18-19,22,28H,6-17,20-21H2,(H,38,43,45). The van der Waals surface area contributed by atoms with Crippen molar-refractivity contribution in [1.82, 2.24) is 24.9 Å². The smallest absolute Gasteiger partial charge is 0.340 e. The first-order valence-electron chi connectivity index (χ1n) is 16.2. The molecule has 0 aliphatic carbocycles. The molecule has 2 aromatic carbocycles. The summed E-state index contributed by atoms with van der Waals surface area (Å²) in [5.41, 5.74) is 3.33. The third kappa shape index (κ3) is 7.57. The first-order chi connectivity index (χ1) is 22.4.